The van der Waals surface area contributed by atoms with Gasteiger partial charge in [0.15, 0.2) is 0 Å². The number of carbonyl (C=O) groups is 1. The first-order valence-corrected chi connectivity index (χ1v) is 8.16. The maximum Gasteiger partial charge on any atom is 0.224 e. The molecule has 1 aromatic heterocycles. The van der Waals surface area contributed by atoms with Crippen LogP contribution in [0.4, 0.5) is 0 Å². The van der Waals surface area contributed by atoms with Gasteiger partial charge in [0, 0.05) is 18.9 Å². The van der Waals surface area contributed by atoms with Crippen LogP contribution in [0.3, 0.4) is 0 Å². The second-order valence-electron chi connectivity index (χ2n) is 5.63. The molecule has 0 aliphatic heterocycles. The van der Waals surface area contributed by atoms with Crippen molar-refractivity contribution in [1.82, 2.24) is 15.1 Å². The highest BCUT2D eigenvalue weighted by atomic mass is 16.5. The van der Waals surface area contributed by atoms with Gasteiger partial charge >= 0.3 is 0 Å². The molecule has 0 radical (unpaired) electrons. The first-order chi connectivity index (χ1) is 11.2. The minimum absolute atomic E-state index is 0.0486. The Morgan fingerprint density at radius 1 is 1.35 bits per heavy atom. The molecule has 0 bridgehead atoms. The Bertz CT molecular complexity index is 596. The van der Waals surface area contributed by atoms with Gasteiger partial charge in [-0.05, 0) is 30.5 Å². The summed E-state index contributed by atoms with van der Waals surface area (Å²) in [6.07, 6.45) is 5.33. The van der Waals surface area contributed by atoms with Gasteiger partial charge in [0.05, 0.1) is 19.1 Å². The van der Waals surface area contributed by atoms with Crippen LogP contribution < -0.4 is 10.1 Å². The van der Waals surface area contributed by atoms with E-state index in [1.165, 1.54) is 0 Å². The van der Waals surface area contributed by atoms with Crippen LogP contribution in [-0.4, -0.2) is 28.8 Å². The largest absolute Gasteiger partial charge is 0.493 e. The summed E-state index contributed by atoms with van der Waals surface area (Å²) in [5.41, 5.74) is 1.13. The maximum absolute atomic E-state index is 12.1. The van der Waals surface area contributed by atoms with Crippen molar-refractivity contribution in [2.45, 2.75) is 33.2 Å². The zero-order valence-electron chi connectivity index (χ0n) is 13.9. The van der Waals surface area contributed by atoms with E-state index in [9.17, 15) is 4.79 Å². The Balaban J connectivity index is 1.79. The van der Waals surface area contributed by atoms with Crippen molar-refractivity contribution < 1.29 is 9.53 Å². The topological polar surface area (TPSA) is 56.1 Å². The lowest BCUT2D eigenvalue weighted by atomic mass is 10.1. The van der Waals surface area contributed by atoms with Gasteiger partial charge in [-0.3, -0.25) is 9.48 Å². The molecule has 0 aliphatic rings. The van der Waals surface area contributed by atoms with Gasteiger partial charge in [-0.2, -0.15) is 5.10 Å². The van der Waals surface area contributed by atoms with Crippen molar-refractivity contribution in [3.8, 4) is 5.75 Å². The average Bonchev–Trinajstić information content (AvgIpc) is 3.06. The van der Waals surface area contributed by atoms with Gasteiger partial charge < -0.3 is 10.1 Å². The molecule has 5 nitrogen and oxygen atoms in total. The Morgan fingerprint density at radius 3 is 2.91 bits per heavy atom. The van der Waals surface area contributed by atoms with E-state index in [0.29, 0.717) is 19.7 Å². The van der Waals surface area contributed by atoms with E-state index in [4.69, 9.17) is 4.74 Å². The number of hydrogen-bond acceptors (Lipinski definition) is 3. The Hall–Kier alpha value is -2.30. The highest BCUT2D eigenvalue weighted by Gasteiger charge is 2.13. The van der Waals surface area contributed by atoms with Gasteiger partial charge in [0.1, 0.15) is 5.75 Å². The average molecular weight is 315 g/mol. The zero-order chi connectivity index (χ0) is 16.5. The van der Waals surface area contributed by atoms with Crippen molar-refractivity contribution >= 4 is 5.91 Å². The lowest BCUT2D eigenvalue weighted by Crippen LogP contribution is -2.33. The zero-order valence-corrected chi connectivity index (χ0v) is 13.9. The predicted molar refractivity (Wildman–Crippen MR) is 90.3 cm³/mol. The predicted octanol–water partition coefficient (Wildman–Crippen LogP) is 2.67. The first kappa shape index (κ1) is 17.1. The van der Waals surface area contributed by atoms with E-state index in [2.05, 4.69) is 17.3 Å². The summed E-state index contributed by atoms with van der Waals surface area (Å²) in [6.45, 7) is 5.91. The summed E-state index contributed by atoms with van der Waals surface area (Å²) in [6, 6.07) is 9.85. The summed E-state index contributed by atoms with van der Waals surface area (Å²) < 4.78 is 7.51. The van der Waals surface area contributed by atoms with Crippen molar-refractivity contribution in [2.75, 3.05) is 13.2 Å². The van der Waals surface area contributed by atoms with Crippen molar-refractivity contribution in [3.05, 3.63) is 48.3 Å². The molecular weight excluding hydrogens is 290 g/mol. The molecule has 124 valence electrons. The maximum atomic E-state index is 12.1. The van der Waals surface area contributed by atoms with Crippen LogP contribution >= 0.6 is 0 Å². The minimum Gasteiger partial charge on any atom is -0.493 e. The lowest BCUT2D eigenvalue weighted by molar-refractivity contribution is -0.124. The molecule has 0 spiro atoms. The number of aromatic nitrogens is 2. The van der Waals surface area contributed by atoms with Crippen LogP contribution in [-0.2, 0) is 17.8 Å². The van der Waals surface area contributed by atoms with Crippen molar-refractivity contribution in [3.63, 3.8) is 0 Å². The summed E-state index contributed by atoms with van der Waals surface area (Å²) in [5, 5.41) is 7.12. The number of benzene rings is 1. The third-order valence-corrected chi connectivity index (χ3v) is 3.60. The minimum atomic E-state index is -0.110. The third kappa shape index (κ3) is 5.43. The normalized spacial score (nSPS) is 11.9. The smallest absolute Gasteiger partial charge is 0.224 e. The van der Waals surface area contributed by atoms with Gasteiger partial charge in [0.25, 0.3) is 0 Å². The van der Waals surface area contributed by atoms with E-state index in [1.807, 2.05) is 43.5 Å². The number of rotatable bonds is 9. The van der Waals surface area contributed by atoms with E-state index in [1.54, 1.807) is 10.9 Å². The molecule has 2 aromatic rings. The summed E-state index contributed by atoms with van der Waals surface area (Å²) in [5.74, 6) is 0.849. The van der Waals surface area contributed by atoms with E-state index < -0.39 is 0 Å². The number of nitrogens with zero attached hydrogens (tertiary/aromatic N) is 2. The van der Waals surface area contributed by atoms with Crippen LogP contribution in [0, 0.1) is 5.92 Å². The molecule has 0 saturated heterocycles. The van der Waals surface area contributed by atoms with Crippen molar-refractivity contribution in [2.24, 2.45) is 5.92 Å². The highest BCUT2D eigenvalue weighted by molar-refractivity contribution is 5.78. The fraction of sp³-hybridized carbons (Fsp3) is 0.444. The summed E-state index contributed by atoms with van der Waals surface area (Å²) in [7, 11) is 0. The molecule has 0 aliphatic carbocycles. The third-order valence-electron chi connectivity index (χ3n) is 3.60. The summed E-state index contributed by atoms with van der Waals surface area (Å²) >= 11 is 0. The van der Waals surface area contributed by atoms with Crippen LogP contribution in [0.25, 0.3) is 0 Å². The van der Waals surface area contributed by atoms with E-state index >= 15 is 0 Å². The molecule has 1 N–H and O–H groups in total. The fourth-order valence-corrected chi connectivity index (χ4v) is 2.33. The summed E-state index contributed by atoms with van der Waals surface area (Å²) in [4.78, 5) is 12.1. The fourth-order valence-electron chi connectivity index (χ4n) is 2.33. The molecule has 0 saturated carbocycles. The standard InChI is InChI=1S/C18H25N3O2/c1-3-13-23-17-8-5-4-7-16(17)9-11-19-18(22)15(2)14-21-12-6-10-20-21/h4-8,10,12,15H,3,9,11,13-14H2,1-2H3,(H,19,22)/t15-/m0/s1. The quantitative estimate of drug-likeness (QED) is 0.774. The number of hydrogen-bond donors (Lipinski definition) is 1. The van der Waals surface area contributed by atoms with E-state index in [-0.39, 0.29) is 11.8 Å². The number of nitrogens with one attached hydrogen (secondary N) is 1. The second-order valence-corrected chi connectivity index (χ2v) is 5.63. The van der Waals surface area contributed by atoms with Gasteiger partial charge in [-0.1, -0.05) is 32.0 Å². The molecule has 5 heteroatoms. The number of ether oxygens (including phenoxy) is 1. The Labute approximate surface area is 137 Å². The number of carbonyl (C=O) groups excluding carboxylic acids is 1. The SMILES string of the molecule is CCCOc1ccccc1CCNC(=O)[C@@H](C)Cn1cccn1. The molecule has 0 unspecified atom stereocenters. The number of para-hydroxylation sites is 1. The number of amides is 1. The lowest BCUT2D eigenvalue weighted by Gasteiger charge is -2.14. The molecular formula is C18H25N3O2. The van der Waals surface area contributed by atoms with Crippen LogP contribution in [0.5, 0.6) is 5.75 Å². The van der Waals surface area contributed by atoms with Crippen molar-refractivity contribution in [1.29, 1.82) is 0 Å². The molecule has 1 aromatic carbocycles. The van der Waals surface area contributed by atoms with Crippen LogP contribution in [0.1, 0.15) is 25.8 Å². The second kappa shape index (κ2) is 8.98. The molecule has 1 atom stereocenters. The van der Waals surface area contributed by atoms with Gasteiger partial charge in [0.2, 0.25) is 5.91 Å². The Morgan fingerprint density at radius 2 is 2.17 bits per heavy atom. The highest BCUT2D eigenvalue weighted by Crippen LogP contribution is 2.18. The monoisotopic (exact) mass is 315 g/mol. The van der Waals surface area contributed by atoms with E-state index in [0.717, 1.165) is 24.2 Å². The molecule has 23 heavy (non-hydrogen) atoms. The molecule has 0 fully saturated rings. The Kier molecular flexibility index (Phi) is 6.66. The van der Waals surface area contributed by atoms with Crippen LogP contribution in [0.2, 0.25) is 0 Å². The molecule has 1 amide bonds. The van der Waals surface area contributed by atoms with Gasteiger partial charge in [-0.15, -0.1) is 0 Å². The molecule has 2 rings (SSSR count). The van der Waals surface area contributed by atoms with Gasteiger partial charge in [-0.25, -0.2) is 0 Å². The van der Waals surface area contributed by atoms with Crippen LogP contribution in [0.15, 0.2) is 42.7 Å². The molecule has 1 heterocycles. The first-order valence-electron chi connectivity index (χ1n) is 8.16.